The summed E-state index contributed by atoms with van der Waals surface area (Å²) in [5.74, 6) is -0.417. The first kappa shape index (κ1) is 27.3. The first-order chi connectivity index (χ1) is 17.4. The topological polar surface area (TPSA) is 150 Å². The average molecular weight is 507 g/mol. The van der Waals surface area contributed by atoms with Gasteiger partial charge in [-0.1, -0.05) is 0 Å². The van der Waals surface area contributed by atoms with Gasteiger partial charge >= 0.3 is 12.1 Å². The van der Waals surface area contributed by atoms with E-state index in [2.05, 4.69) is 16.0 Å². The Hall–Kier alpha value is -4.26. The molecule has 0 spiro atoms. The van der Waals surface area contributed by atoms with Crippen molar-refractivity contribution < 1.29 is 19.1 Å². The number of nitrogens with two attached hydrogens (primary N) is 1. The van der Waals surface area contributed by atoms with Crippen molar-refractivity contribution in [1.82, 2.24) is 10.2 Å². The monoisotopic (exact) mass is 506 g/mol. The van der Waals surface area contributed by atoms with Crippen LogP contribution in [0.25, 0.3) is 0 Å². The third kappa shape index (κ3) is 7.36. The lowest BCUT2D eigenvalue weighted by atomic mass is 9.96. The van der Waals surface area contributed by atoms with Gasteiger partial charge in [0, 0.05) is 18.3 Å². The standard InChI is InChI=1S/C27H34N6O4/c1-16-12-21(29)22(13-17(16)2)32-24(34)23-14-20(10-11-33(23)26(36)37-27(3,4)5)31-25(35)30-19-8-6-18(15-28)7-9-19/h6-9,12-13,20,23H,10-11,14,29H2,1-5H3,(H,32,34)(H2,30,31,35)/t20-,23-/m1/s1. The lowest BCUT2D eigenvalue weighted by molar-refractivity contribution is -0.122. The molecule has 0 saturated carbocycles. The van der Waals surface area contributed by atoms with E-state index < -0.39 is 29.7 Å². The molecule has 0 radical (unpaired) electrons. The number of piperidine rings is 1. The van der Waals surface area contributed by atoms with E-state index in [1.54, 1.807) is 57.2 Å². The van der Waals surface area contributed by atoms with Gasteiger partial charge in [0.1, 0.15) is 11.6 Å². The molecule has 1 fully saturated rings. The largest absolute Gasteiger partial charge is 0.444 e. The number of carbonyl (C=O) groups is 3. The van der Waals surface area contributed by atoms with Crippen LogP contribution in [-0.4, -0.2) is 47.2 Å². The van der Waals surface area contributed by atoms with Crippen LogP contribution in [0.1, 0.15) is 50.3 Å². The Bertz CT molecular complexity index is 1210. The van der Waals surface area contributed by atoms with Crippen LogP contribution in [-0.2, 0) is 9.53 Å². The number of nitriles is 1. The number of hydrogen-bond acceptors (Lipinski definition) is 6. The maximum absolute atomic E-state index is 13.4. The van der Waals surface area contributed by atoms with E-state index in [0.29, 0.717) is 29.0 Å². The number of carbonyl (C=O) groups excluding carboxylic acids is 3. The van der Waals surface area contributed by atoms with E-state index >= 15 is 0 Å². The number of nitrogens with zero attached hydrogens (tertiary/aromatic N) is 2. The minimum atomic E-state index is -0.884. The molecule has 2 aromatic carbocycles. The van der Waals surface area contributed by atoms with E-state index in [4.69, 9.17) is 15.7 Å². The fourth-order valence-electron chi connectivity index (χ4n) is 4.03. The van der Waals surface area contributed by atoms with Gasteiger partial charge in [-0.2, -0.15) is 5.26 Å². The number of benzene rings is 2. The minimum absolute atomic E-state index is 0.191. The fourth-order valence-corrected chi connectivity index (χ4v) is 4.03. The van der Waals surface area contributed by atoms with E-state index in [0.717, 1.165) is 11.1 Å². The number of aryl methyl sites for hydroxylation is 2. The molecule has 3 rings (SSSR count). The van der Waals surface area contributed by atoms with E-state index in [9.17, 15) is 14.4 Å². The minimum Gasteiger partial charge on any atom is -0.444 e. The van der Waals surface area contributed by atoms with Gasteiger partial charge in [-0.25, -0.2) is 9.59 Å². The van der Waals surface area contributed by atoms with E-state index in [-0.39, 0.29) is 19.0 Å². The Morgan fingerprint density at radius 2 is 1.73 bits per heavy atom. The predicted octanol–water partition coefficient (Wildman–Crippen LogP) is 4.29. The summed E-state index contributed by atoms with van der Waals surface area (Å²) in [4.78, 5) is 40.4. The summed E-state index contributed by atoms with van der Waals surface area (Å²) in [6.07, 6.45) is 0.0350. The number of nitrogens with one attached hydrogen (secondary N) is 3. The molecule has 2 atom stereocenters. The molecule has 0 aliphatic carbocycles. The first-order valence-corrected chi connectivity index (χ1v) is 12.1. The number of nitrogen functional groups attached to an aromatic ring is 1. The van der Waals surface area contributed by atoms with Crippen LogP contribution in [0, 0.1) is 25.2 Å². The number of urea groups is 1. The first-order valence-electron chi connectivity index (χ1n) is 12.1. The van der Waals surface area contributed by atoms with Crippen LogP contribution in [0.3, 0.4) is 0 Å². The lowest BCUT2D eigenvalue weighted by Crippen LogP contribution is -2.57. The molecular weight excluding hydrogens is 472 g/mol. The van der Waals surface area contributed by atoms with Crippen LogP contribution in [0.2, 0.25) is 0 Å². The Morgan fingerprint density at radius 3 is 2.35 bits per heavy atom. The molecule has 4 amide bonds. The number of anilines is 3. The molecule has 0 unspecified atom stereocenters. The summed E-state index contributed by atoms with van der Waals surface area (Å²) < 4.78 is 5.54. The summed E-state index contributed by atoms with van der Waals surface area (Å²) >= 11 is 0. The highest BCUT2D eigenvalue weighted by molar-refractivity contribution is 5.99. The van der Waals surface area contributed by atoms with E-state index in [1.807, 2.05) is 19.9 Å². The van der Waals surface area contributed by atoms with E-state index in [1.165, 1.54) is 4.90 Å². The lowest BCUT2D eigenvalue weighted by Gasteiger charge is -2.39. The van der Waals surface area contributed by atoms with Crippen LogP contribution in [0.15, 0.2) is 36.4 Å². The van der Waals surface area contributed by atoms with Crippen molar-refractivity contribution in [3.63, 3.8) is 0 Å². The van der Waals surface area contributed by atoms with Crippen molar-refractivity contribution >= 4 is 35.1 Å². The molecule has 10 nitrogen and oxygen atoms in total. The molecule has 1 saturated heterocycles. The van der Waals surface area contributed by atoms with Crippen molar-refractivity contribution in [2.24, 2.45) is 0 Å². The van der Waals surface area contributed by atoms with Gasteiger partial charge in [-0.05, 0) is 95.0 Å². The molecule has 5 N–H and O–H groups in total. The molecule has 1 aliphatic rings. The molecule has 37 heavy (non-hydrogen) atoms. The molecule has 0 bridgehead atoms. The molecule has 1 aliphatic heterocycles. The highest BCUT2D eigenvalue weighted by Gasteiger charge is 2.39. The second-order valence-corrected chi connectivity index (χ2v) is 10.2. The Morgan fingerprint density at radius 1 is 1.08 bits per heavy atom. The van der Waals surface area contributed by atoms with Crippen molar-refractivity contribution in [1.29, 1.82) is 5.26 Å². The summed E-state index contributed by atoms with van der Waals surface area (Å²) in [5.41, 5.74) is 9.27. The summed E-state index contributed by atoms with van der Waals surface area (Å²) in [6, 6.07) is 10.4. The van der Waals surface area contributed by atoms with Gasteiger partial charge in [0.05, 0.1) is 23.0 Å². The zero-order chi connectivity index (χ0) is 27.3. The maximum atomic E-state index is 13.4. The van der Waals surface area contributed by atoms with Crippen molar-refractivity contribution in [2.75, 3.05) is 22.9 Å². The summed E-state index contributed by atoms with van der Waals surface area (Å²) in [5, 5.41) is 17.4. The number of likely N-dealkylation sites (tertiary alicyclic amines) is 1. The normalized spacial score (nSPS) is 17.4. The van der Waals surface area contributed by atoms with Gasteiger partial charge in [0.2, 0.25) is 5.91 Å². The highest BCUT2D eigenvalue weighted by atomic mass is 16.6. The van der Waals surface area contributed by atoms with Gasteiger partial charge in [-0.15, -0.1) is 0 Å². The second kappa shape index (κ2) is 11.2. The fraction of sp³-hybridized carbons (Fsp3) is 0.407. The maximum Gasteiger partial charge on any atom is 0.410 e. The number of amides is 4. The zero-order valence-electron chi connectivity index (χ0n) is 21.8. The van der Waals surface area contributed by atoms with Crippen LogP contribution in [0.4, 0.5) is 26.7 Å². The highest BCUT2D eigenvalue weighted by Crippen LogP contribution is 2.26. The number of rotatable bonds is 4. The predicted molar refractivity (Wildman–Crippen MR) is 142 cm³/mol. The Kier molecular flexibility index (Phi) is 8.28. The molecular formula is C27H34N6O4. The van der Waals surface area contributed by atoms with Crippen molar-refractivity contribution in [3.8, 4) is 6.07 Å². The quantitative estimate of drug-likeness (QED) is 0.455. The number of hydrogen-bond donors (Lipinski definition) is 4. The molecule has 196 valence electrons. The third-order valence-electron chi connectivity index (χ3n) is 6.06. The average Bonchev–Trinajstić information content (AvgIpc) is 2.81. The van der Waals surface area contributed by atoms with Gasteiger partial charge in [-0.3, -0.25) is 9.69 Å². The smallest absolute Gasteiger partial charge is 0.410 e. The van der Waals surface area contributed by atoms with Crippen molar-refractivity contribution in [2.45, 2.75) is 65.1 Å². The van der Waals surface area contributed by atoms with Crippen LogP contribution >= 0.6 is 0 Å². The molecule has 2 aromatic rings. The SMILES string of the molecule is Cc1cc(N)c(NC(=O)[C@H]2C[C@H](NC(=O)Nc3ccc(C#N)cc3)CCN2C(=O)OC(C)(C)C)cc1C. The van der Waals surface area contributed by atoms with Crippen LogP contribution < -0.4 is 21.7 Å². The molecule has 0 aromatic heterocycles. The zero-order valence-corrected chi connectivity index (χ0v) is 21.8. The van der Waals surface area contributed by atoms with Gasteiger partial charge < -0.3 is 26.4 Å². The Balaban J connectivity index is 1.75. The Labute approximate surface area is 217 Å². The molecule has 1 heterocycles. The second-order valence-electron chi connectivity index (χ2n) is 10.2. The molecule has 10 heteroatoms. The van der Waals surface area contributed by atoms with Gasteiger partial charge in [0.25, 0.3) is 0 Å². The van der Waals surface area contributed by atoms with Crippen molar-refractivity contribution in [3.05, 3.63) is 53.1 Å². The van der Waals surface area contributed by atoms with Gasteiger partial charge in [0.15, 0.2) is 0 Å². The number of ether oxygens (including phenoxy) is 1. The summed E-state index contributed by atoms with van der Waals surface area (Å²) in [6.45, 7) is 9.36. The summed E-state index contributed by atoms with van der Waals surface area (Å²) in [7, 11) is 0. The van der Waals surface area contributed by atoms with Crippen LogP contribution in [0.5, 0.6) is 0 Å². The third-order valence-corrected chi connectivity index (χ3v) is 6.06.